The van der Waals surface area contributed by atoms with Crippen LogP contribution in [0.3, 0.4) is 0 Å². The monoisotopic (exact) mass is 769 g/mol. The van der Waals surface area contributed by atoms with Crippen molar-refractivity contribution in [2.45, 2.75) is 88.7 Å². The van der Waals surface area contributed by atoms with Gasteiger partial charge in [-0.2, -0.15) is 0 Å². The van der Waals surface area contributed by atoms with Crippen molar-refractivity contribution < 1.29 is 48.0 Å². The number of benzene rings is 1. The fourth-order valence-corrected chi connectivity index (χ4v) is 8.11. The van der Waals surface area contributed by atoms with E-state index in [1.165, 1.54) is 38.0 Å². The number of nitrogens with zero attached hydrogens (tertiary/aromatic N) is 2. The van der Waals surface area contributed by atoms with Gasteiger partial charge in [-0.05, 0) is 44.2 Å². The summed E-state index contributed by atoms with van der Waals surface area (Å²) in [5, 5.41) is 14.4. The van der Waals surface area contributed by atoms with Crippen LogP contribution in [0.5, 0.6) is 5.75 Å². The van der Waals surface area contributed by atoms with Gasteiger partial charge >= 0.3 is 12.1 Å². The number of halogens is 1. The Morgan fingerprint density at radius 1 is 1.29 bits per heavy atom. The van der Waals surface area contributed by atoms with Gasteiger partial charge in [-0.1, -0.05) is 53.5 Å². The summed E-state index contributed by atoms with van der Waals surface area (Å²) in [6.45, 7) is 6.77. The third kappa shape index (κ3) is 9.11. The summed E-state index contributed by atoms with van der Waals surface area (Å²) in [5.41, 5.74) is -0.941. The fraction of sp³-hybridized carbons (Fsp3) is 0.600. The second-order valence-electron chi connectivity index (χ2n) is 13.6. The van der Waals surface area contributed by atoms with Crippen LogP contribution in [-0.2, 0) is 60.4 Å². The quantitative estimate of drug-likeness (QED) is 0.310. The maximum Gasteiger partial charge on any atom is 0.409 e. The molecule has 0 aromatic heterocycles. The summed E-state index contributed by atoms with van der Waals surface area (Å²) < 4.78 is 29.2. The first kappa shape index (κ1) is 40.7. The first-order valence-corrected chi connectivity index (χ1v) is 19.6. The molecule has 0 radical (unpaired) electrons. The minimum atomic E-state index is -1.83. The Morgan fingerprint density at radius 3 is 2.59 bits per heavy atom. The number of carbonyl (C=O) groups is 4. The number of esters is 1. The number of hydrogen-bond donors (Lipinski definition) is 2. The number of likely N-dealkylation sites (N-methyl/N-ethyl adjacent to an activating group) is 1. The number of aliphatic hydroxyl groups is 1. The van der Waals surface area contributed by atoms with Crippen LogP contribution >= 0.6 is 11.6 Å². The molecule has 51 heavy (non-hydrogen) atoms. The Labute approximate surface area is 311 Å². The zero-order valence-electron chi connectivity index (χ0n) is 30.4. The molecule has 3 aliphatic heterocycles. The highest BCUT2D eigenvalue weighted by Gasteiger charge is 2.64. The fourth-order valence-electron chi connectivity index (χ4n) is 6.60. The molecule has 0 spiro atoms. The number of nitrogens with one attached hydrogen (secondary N) is 1. The zero-order chi connectivity index (χ0) is 38.0. The van der Waals surface area contributed by atoms with Gasteiger partial charge < -0.3 is 38.6 Å². The lowest BCUT2D eigenvalue weighted by molar-refractivity contribution is -0.161. The van der Waals surface area contributed by atoms with Gasteiger partial charge in [0.15, 0.2) is 5.72 Å². The number of amides is 3. The number of ether oxygens (including phenoxy) is 5. The van der Waals surface area contributed by atoms with Gasteiger partial charge in [0.25, 0.3) is 0 Å². The van der Waals surface area contributed by atoms with E-state index < -0.39 is 75.1 Å². The number of fused-ring (bicyclic) bond motifs is 5. The number of allylic oxidation sites excluding steroid dienone is 3. The Kier molecular flexibility index (Phi) is 13.0. The lowest BCUT2D eigenvalue weighted by Crippen LogP contribution is -2.63. The van der Waals surface area contributed by atoms with Gasteiger partial charge in [-0.15, -0.1) is 9.45 Å². The Bertz CT molecular complexity index is 1620. The van der Waals surface area contributed by atoms with Crippen molar-refractivity contribution in [2.75, 3.05) is 45.2 Å². The molecule has 1 aromatic carbocycles. The largest absolute Gasteiger partial charge is 0.495 e. The molecule has 4 bridgehead atoms. The Balaban J connectivity index is 1.81. The third-order valence-corrected chi connectivity index (χ3v) is 11.4. The summed E-state index contributed by atoms with van der Waals surface area (Å²) >= 11 is 12.1. The van der Waals surface area contributed by atoms with Gasteiger partial charge in [0, 0.05) is 46.2 Å². The van der Waals surface area contributed by atoms with Crippen LogP contribution in [0.1, 0.15) is 46.1 Å². The molecule has 0 aliphatic carbocycles. The zero-order valence-corrected chi connectivity index (χ0v) is 32.8. The average molecular weight is 770 g/mol. The maximum atomic E-state index is 14.1. The minimum absolute atomic E-state index is 0.0548. The number of alkyl carbamates (subject to hydrolysis) is 1. The molecular formula is C35H48ClN3O10S2. The summed E-state index contributed by atoms with van der Waals surface area (Å²) in [5.74, 6) is -1.52. The molecule has 2 fully saturated rings. The van der Waals surface area contributed by atoms with Crippen LogP contribution in [0.2, 0.25) is 5.02 Å². The molecule has 16 heteroatoms. The molecule has 3 aliphatic rings. The minimum Gasteiger partial charge on any atom is -0.495 e. The van der Waals surface area contributed by atoms with E-state index in [0.717, 1.165) is 11.1 Å². The second kappa shape index (κ2) is 16.3. The van der Waals surface area contributed by atoms with E-state index in [-0.39, 0.29) is 29.5 Å². The summed E-state index contributed by atoms with van der Waals surface area (Å²) in [6.07, 6.45) is 2.65. The van der Waals surface area contributed by atoms with E-state index in [0.29, 0.717) is 17.9 Å². The van der Waals surface area contributed by atoms with E-state index in [9.17, 15) is 24.3 Å². The van der Waals surface area contributed by atoms with Crippen molar-refractivity contribution in [3.8, 4) is 5.75 Å². The molecule has 3 heterocycles. The molecule has 2 N–H and O–H groups in total. The number of epoxide rings is 1. The molecule has 282 valence electrons. The van der Waals surface area contributed by atoms with Crippen molar-refractivity contribution in [3.63, 3.8) is 0 Å². The third-order valence-electron chi connectivity index (χ3n) is 9.84. The van der Waals surface area contributed by atoms with Gasteiger partial charge in [-0.25, -0.2) is 9.59 Å². The average Bonchev–Trinajstić information content (AvgIpc) is 3.75. The molecule has 13 nitrogen and oxygen atoms in total. The first-order chi connectivity index (χ1) is 23.8. The molecule has 2 unspecified atom stereocenters. The predicted octanol–water partition coefficient (Wildman–Crippen LogP) is 3.22. The summed E-state index contributed by atoms with van der Waals surface area (Å²) in [4.78, 5) is 55.8. The van der Waals surface area contributed by atoms with Gasteiger partial charge in [0.05, 0.1) is 25.3 Å². The van der Waals surface area contributed by atoms with E-state index in [1.54, 1.807) is 51.4 Å². The highest BCUT2D eigenvalue weighted by atomic mass is 35.5. The number of carbonyl (C=O) groups excluding carboxylic acids is 4. The highest BCUT2D eigenvalue weighted by Crippen LogP contribution is 2.49. The summed E-state index contributed by atoms with van der Waals surface area (Å²) in [6, 6.07) is 2.58. The highest BCUT2D eigenvalue weighted by molar-refractivity contribution is 8.28. The number of rotatable bonds is 7. The van der Waals surface area contributed by atoms with E-state index in [1.807, 2.05) is 13.0 Å². The van der Waals surface area contributed by atoms with Crippen molar-refractivity contribution in [1.29, 1.82) is 0 Å². The molecule has 1 aromatic rings. The molecule has 0 saturated carbocycles. The van der Waals surface area contributed by atoms with Crippen molar-refractivity contribution in [2.24, 2.45) is 5.92 Å². The lowest BCUT2D eigenvalue weighted by Gasteiger charge is -2.42. The smallest absolute Gasteiger partial charge is 0.409 e. The first-order valence-electron chi connectivity index (χ1n) is 16.5. The maximum absolute atomic E-state index is 14.1. The Morgan fingerprint density at radius 2 is 1.98 bits per heavy atom. The lowest BCUT2D eigenvalue weighted by atomic mass is 9.83. The van der Waals surface area contributed by atoms with Gasteiger partial charge in [0.1, 0.15) is 40.7 Å². The van der Waals surface area contributed by atoms with Crippen LogP contribution in [0.4, 0.5) is 10.5 Å². The van der Waals surface area contributed by atoms with Crippen LogP contribution in [0.25, 0.3) is 0 Å². The van der Waals surface area contributed by atoms with Crippen LogP contribution in [0.15, 0.2) is 35.9 Å². The van der Waals surface area contributed by atoms with Crippen LogP contribution in [-0.4, -0.2) is 116 Å². The van der Waals surface area contributed by atoms with E-state index in [4.69, 9.17) is 46.5 Å². The molecule has 9 atom stereocenters. The van der Waals surface area contributed by atoms with Gasteiger partial charge in [0.2, 0.25) is 11.8 Å². The molecular weight excluding hydrogens is 722 g/mol. The molecule has 4 rings (SSSR count). The normalized spacial score (nSPS) is 32.6. The Hall–Kier alpha value is -3.08. The molecule has 3 amide bonds. The van der Waals surface area contributed by atoms with Crippen LogP contribution < -0.4 is 15.0 Å². The second-order valence-corrected chi connectivity index (χ2v) is 17.2. The van der Waals surface area contributed by atoms with Gasteiger partial charge in [-0.3, -0.25) is 14.9 Å². The van der Waals surface area contributed by atoms with E-state index >= 15 is 0 Å². The summed E-state index contributed by atoms with van der Waals surface area (Å²) in [7, 11) is 5.33. The predicted molar refractivity (Wildman–Crippen MR) is 196 cm³/mol. The van der Waals surface area contributed by atoms with Crippen molar-refractivity contribution >= 4 is 61.8 Å². The van der Waals surface area contributed by atoms with Crippen LogP contribution in [0, 0.1) is 5.92 Å². The van der Waals surface area contributed by atoms with Crippen molar-refractivity contribution in [3.05, 3.63) is 46.5 Å². The topological polar surface area (TPSA) is 156 Å². The number of hydrogen-bond acceptors (Lipinski definition) is 11. The number of anilines is 1. The SMILES string of the molecule is COc1cc2cc(c1Cl)N(C)C(=O)C[C@H](OC(=O)[C@H](CS(C)=S)N(C)C(C)=O)[C@]1(C)OC1[C@H](C)[C@@H]1C[C@@](O)(NC(=O)O1)[C@H](OC)/C=C/C=C(\C)C2. The van der Waals surface area contributed by atoms with E-state index in [2.05, 4.69) is 5.32 Å². The number of methoxy groups -OCH3 is 2. The molecule has 2 saturated heterocycles. The van der Waals surface area contributed by atoms with Crippen molar-refractivity contribution in [1.82, 2.24) is 10.2 Å². The standard InChI is InChI=1S/C35H48ClN3O10S2/c1-19-11-10-12-27(46-8)35(44)17-26(47-33(43)37-35)20(2)31-34(4,49-31)28(48-32(42)24(18-51(9)50)38(5)21(3)40)16-29(41)39(6)23-14-22(13-19)15-25(45-7)30(23)36/h10-12,14-15,20,24,26-28,31,44H,13,16-18H2,1-9H3,(H,37,43)/b12-10+,19-11+/t20-,24+,26+,27-,28+,31?,34+,35+,51?/m1/s1.